The maximum Gasteiger partial charge on any atom is 0.309 e. The van der Waals surface area contributed by atoms with Crippen molar-refractivity contribution >= 4 is 52.8 Å². The lowest BCUT2D eigenvalue weighted by Crippen LogP contribution is -2.66. The van der Waals surface area contributed by atoms with Crippen LogP contribution >= 0.6 is 0 Å². The number of β-amino-alcohol motifs (C(OH)–C–C–N with tert-alkyl or cyclic N) is 1. The quantitative estimate of drug-likeness (QED) is 0.0884. The van der Waals surface area contributed by atoms with E-state index in [0.29, 0.717) is 38.0 Å². The Hall–Kier alpha value is -4.95. The molecule has 2 N–H and O–H groups in total. The maximum atomic E-state index is 14.2. The Labute approximate surface area is 441 Å². The van der Waals surface area contributed by atoms with Gasteiger partial charge in [-0.3, -0.25) is 24.2 Å². The number of ether oxygens (including phenoxy) is 9. The number of methoxy groups -OCH3 is 1. The van der Waals surface area contributed by atoms with Crippen LogP contribution in [0.25, 0.3) is 21.8 Å². The van der Waals surface area contributed by atoms with Crippen molar-refractivity contribution in [2.24, 2.45) is 11.8 Å². The second-order valence-corrected chi connectivity index (χ2v) is 20.6. The van der Waals surface area contributed by atoms with Crippen LogP contribution < -0.4 is 0 Å². The van der Waals surface area contributed by atoms with Crippen molar-refractivity contribution in [1.29, 1.82) is 0 Å². The zero-order valence-corrected chi connectivity index (χ0v) is 45.5. The Morgan fingerprint density at radius 1 is 1.00 bits per heavy atom. The number of fused-ring (bicyclic) bond motifs is 1. The van der Waals surface area contributed by atoms with E-state index in [-0.39, 0.29) is 32.1 Å². The van der Waals surface area contributed by atoms with Crippen LogP contribution in [0.2, 0.25) is 0 Å². The van der Waals surface area contributed by atoms with E-state index in [4.69, 9.17) is 49.2 Å². The first-order valence-corrected chi connectivity index (χ1v) is 26.1. The third-order valence-electron chi connectivity index (χ3n) is 14.3. The number of aromatic nitrogens is 1. The minimum atomic E-state index is -1.45. The van der Waals surface area contributed by atoms with Gasteiger partial charge in [0.2, 0.25) is 0 Å². The molecule has 3 aliphatic rings. The number of aliphatic hydroxyl groups excluding tert-OH is 2. The molecule has 0 spiro atoms. The van der Waals surface area contributed by atoms with Crippen LogP contribution in [-0.4, -0.2) is 182 Å². The highest BCUT2D eigenvalue weighted by Crippen LogP contribution is 2.39. The molecule has 0 radical (unpaired) electrons. The molecule has 0 amide bonds. The van der Waals surface area contributed by atoms with Crippen molar-refractivity contribution in [1.82, 2.24) is 14.8 Å². The van der Waals surface area contributed by atoms with Crippen LogP contribution in [0.15, 0.2) is 36.5 Å². The molecular formula is C55H80N4O16. The van der Waals surface area contributed by atoms with Crippen LogP contribution in [-0.2, 0) is 66.6 Å². The third-order valence-corrected chi connectivity index (χ3v) is 14.3. The molecule has 16 atom stereocenters. The summed E-state index contributed by atoms with van der Waals surface area (Å²) in [4.78, 5) is 76.8. The number of hydrogen-bond acceptors (Lipinski definition) is 19. The third kappa shape index (κ3) is 16.8. The Bertz CT molecular complexity index is 2290. The van der Waals surface area contributed by atoms with Gasteiger partial charge in [0, 0.05) is 58.9 Å². The van der Waals surface area contributed by atoms with E-state index in [9.17, 15) is 34.2 Å². The molecular weight excluding hydrogens is 973 g/mol. The molecule has 1 aromatic carbocycles. The number of aldehydes is 1. The number of cyclic esters (lactones) is 1. The second kappa shape index (κ2) is 28.4. The van der Waals surface area contributed by atoms with Gasteiger partial charge in [-0.1, -0.05) is 39.0 Å². The molecule has 5 unspecified atom stereocenters. The van der Waals surface area contributed by atoms with Crippen molar-refractivity contribution in [2.75, 3.05) is 41.3 Å². The van der Waals surface area contributed by atoms with Gasteiger partial charge in [0.25, 0.3) is 0 Å². The van der Waals surface area contributed by atoms with Gasteiger partial charge >= 0.3 is 23.9 Å². The van der Waals surface area contributed by atoms with Gasteiger partial charge in [-0.05, 0) is 109 Å². The van der Waals surface area contributed by atoms with Crippen molar-refractivity contribution in [2.45, 2.75) is 192 Å². The number of likely N-dealkylation sites (N-methyl/N-ethyl adjacent to an activating group) is 2. The number of carbonyl (C=O) groups is 5. The SMILES string of the molecule is [C-]#[N+]c1ccc2ncc(C=CC[C@H]3CCCN(C)C[C@H](O)[C@H](C)C[C@H](CC=O)[C@H](O[C@@H]4OC(C)[C@@H](O[C@H]5CC(C)(OC(C)=O)[C@@H](OC(=O)CC)C(C)O5)C(N(C)C)C4O)[C@@H](OC)[C@H](OC(=O)CC)CC(=O)O3)cc2c1. The normalized spacial score (nSPS) is 33.8. The van der Waals surface area contributed by atoms with Gasteiger partial charge in [-0.2, -0.15) is 0 Å². The molecule has 75 heavy (non-hydrogen) atoms. The number of carbonyl (C=O) groups excluding carboxylic acids is 5. The molecule has 2 aromatic rings. The molecule has 3 aliphatic heterocycles. The van der Waals surface area contributed by atoms with Gasteiger partial charge in [-0.25, -0.2) is 4.85 Å². The van der Waals surface area contributed by atoms with E-state index in [1.165, 1.54) is 14.0 Å². The molecule has 20 heteroatoms. The number of hydrogen-bond donors (Lipinski definition) is 2. The van der Waals surface area contributed by atoms with E-state index in [1.807, 2.05) is 37.1 Å². The second-order valence-electron chi connectivity index (χ2n) is 20.6. The number of benzene rings is 1. The summed E-state index contributed by atoms with van der Waals surface area (Å²) >= 11 is 0. The fraction of sp³-hybridized carbons (Fsp3) is 0.691. The van der Waals surface area contributed by atoms with Crippen molar-refractivity contribution in [3.63, 3.8) is 0 Å². The molecule has 4 heterocycles. The summed E-state index contributed by atoms with van der Waals surface area (Å²) in [5.74, 6) is -3.55. The summed E-state index contributed by atoms with van der Waals surface area (Å²) in [7, 11) is 6.76. The first kappa shape index (κ1) is 60.9. The molecule has 0 saturated carbocycles. The number of nitrogens with zero attached hydrogens (tertiary/aromatic N) is 4. The predicted molar refractivity (Wildman–Crippen MR) is 275 cm³/mol. The largest absolute Gasteiger partial charge is 0.462 e. The number of aliphatic hydroxyl groups is 2. The van der Waals surface area contributed by atoms with E-state index >= 15 is 0 Å². The van der Waals surface area contributed by atoms with E-state index in [2.05, 4.69) is 9.83 Å². The Morgan fingerprint density at radius 3 is 2.37 bits per heavy atom. The predicted octanol–water partition coefficient (Wildman–Crippen LogP) is 5.73. The molecule has 1 aromatic heterocycles. The first-order chi connectivity index (χ1) is 35.6. The lowest BCUT2D eigenvalue weighted by molar-refractivity contribution is -0.344. The van der Waals surface area contributed by atoms with E-state index in [1.54, 1.807) is 78.0 Å². The van der Waals surface area contributed by atoms with Gasteiger partial charge in [-0.15, -0.1) is 0 Å². The smallest absolute Gasteiger partial charge is 0.309 e. The number of pyridine rings is 1. The van der Waals surface area contributed by atoms with E-state index in [0.717, 1.165) is 22.8 Å². The lowest BCUT2D eigenvalue weighted by Gasteiger charge is -2.50. The van der Waals surface area contributed by atoms with Crippen LogP contribution in [0.5, 0.6) is 0 Å². The average Bonchev–Trinajstić information content (AvgIpc) is 3.35. The highest BCUT2D eigenvalue weighted by Gasteiger charge is 2.54. The highest BCUT2D eigenvalue weighted by atomic mass is 16.7. The summed E-state index contributed by atoms with van der Waals surface area (Å²) in [6.07, 6.45) is -5.24. The summed E-state index contributed by atoms with van der Waals surface area (Å²) in [5, 5.41) is 24.9. The van der Waals surface area contributed by atoms with Crippen molar-refractivity contribution in [3.05, 3.63) is 53.5 Å². The average molecular weight is 1050 g/mol. The highest BCUT2D eigenvalue weighted by molar-refractivity contribution is 5.84. The Morgan fingerprint density at radius 2 is 1.72 bits per heavy atom. The summed E-state index contributed by atoms with van der Waals surface area (Å²) in [5.41, 5.74) is 0.706. The summed E-state index contributed by atoms with van der Waals surface area (Å²) in [6, 6.07) is 6.38. The first-order valence-electron chi connectivity index (χ1n) is 26.1. The van der Waals surface area contributed by atoms with Crippen molar-refractivity contribution < 1.29 is 76.8 Å². The molecule has 3 fully saturated rings. The zero-order valence-electron chi connectivity index (χ0n) is 45.5. The Kier molecular flexibility index (Phi) is 23.1. The standard InChI is InChI=1S/C55H80N4O16/c1-13-44(63)71-43-28-46(65)70-40(18-15-17-36-26-38-27-39(56-8)20-21-41(38)57-30-36)19-16-23-59(11)31-42(62)32(3)25-37(22-24-60)51(52(43)67-12)74-54-49(66)48(58(9)10)50(33(4)69-54)73-47-29-55(7,75-35(6)61)53(34(5)68-47)72-45(64)14-2/h15,17,20-21,24,26-27,30,32-34,37,40,42-43,47-54,62,66H,13-14,16,18-19,22-23,25,28-29,31H2,1-7,9-12H3/t32-,33?,34?,37+,40+,42+,43-,47+,48?,49?,50-,51+,52+,53+,54+,55?/m1/s1. The summed E-state index contributed by atoms with van der Waals surface area (Å²) < 4.78 is 56.1. The molecule has 0 aliphatic carbocycles. The fourth-order valence-electron chi connectivity index (χ4n) is 10.5. The molecule has 0 bridgehead atoms. The number of esters is 4. The lowest BCUT2D eigenvalue weighted by atomic mass is 9.82. The molecule has 5 rings (SSSR count). The zero-order chi connectivity index (χ0) is 55.1. The molecule has 20 nitrogen and oxygen atoms in total. The molecule has 416 valence electrons. The summed E-state index contributed by atoms with van der Waals surface area (Å²) in [6.45, 7) is 19.7. The van der Waals surface area contributed by atoms with Gasteiger partial charge < -0.3 is 67.4 Å². The van der Waals surface area contributed by atoms with Crippen LogP contribution in [0.3, 0.4) is 0 Å². The topological polar surface area (TPSA) is 233 Å². The minimum Gasteiger partial charge on any atom is -0.462 e. The van der Waals surface area contributed by atoms with Crippen LogP contribution in [0, 0.1) is 18.4 Å². The van der Waals surface area contributed by atoms with Gasteiger partial charge in [0.05, 0.1) is 49.0 Å². The monoisotopic (exact) mass is 1050 g/mol. The van der Waals surface area contributed by atoms with E-state index < -0.39 is 127 Å². The van der Waals surface area contributed by atoms with Crippen molar-refractivity contribution in [3.8, 4) is 0 Å². The number of rotatable bonds is 16. The Balaban J connectivity index is 1.46. The van der Waals surface area contributed by atoms with Crippen LogP contribution in [0.1, 0.15) is 112 Å². The maximum absolute atomic E-state index is 14.2. The minimum absolute atomic E-state index is 0.0318. The fourth-order valence-corrected chi connectivity index (χ4v) is 10.5. The van der Waals surface area contributed by atoms with Crippen LogP contribution in [0.4, 0.5) is 5.69 Å². The van der Waals surface area contributed by atoms with Gasteiger partial charge in [0.1, 0.15) is 36.8 Å². The molecule has 3 saturated heterocycles. The van der Waals surface area contributed by atoms with Gasteiger partial charge in [0.15, 0.2) is 30.0 Å².